The molecule has 0 aliphatic rings. The Labute approximate surface area is 128 Å². The molecule has 0 fully saturated rings. The zero-order valence-electron chi connectivity index (χ0n) is 11.3. The van der Waals surface area contributed by atoms with Gasteiger partial charge in [-0.2, -0.15) is 18.3 Å². The van der Waals surface area contributed by atoms with Crippen molar-refractivity contribution in [3.63, 3.8) is 0 Å². The molecule has 2 aromatic heterocycles. The van der Waals surface area contributed by atoms with Crippen molar-refractivity contribution in [2.45, 2.75) is 23.5 Å². The SMILES string of the molecule is FC(F)(F)Cn1ccnc1CSc1nncc2ccccc12. The van der Waals surface area contributed by atoms with E-state index >= 15 is 0 Å². The smallest absolute Gasteiger partial charge is 0.325 e. The van der Waals surface area contributed by atoms with Gasteiger partial charge in [0.2, 0.25) is 0 Å². The normalized spacial score (nSPS) is 12.0. The van der Waals surface area contributed by atoms with Crippen LogP contribution < -0.4 is 0 Å². The van der Waals surface area contributed by atoms with E-state index in [-0.39, 0.29) is 0 Å². The lowest BCUT2D eigenvalue weighted by Crippen LogP contribution is -2.18. The van der Waals surface area contributed by atoms with Crippen LogP contribution in [0.25, 0.3) is 10.8 Å². The zero-order chi connectivity index (χ0) is 15.6. The molecule has 0 saturated heterocycles. The van der Waals surface area contributed by atoms with Crippen LogP contribution >= 0.6 is 11.8 Å². The number of alkyl halides is 3. The van der Waals surface area contributed by atoms with Crippen molar-refractivity contribution in [3.8, 4) is 0 Å². The summed E-state index contributed by atoms with van der Waals surface area (Å²) >= 11 is 1.32. The average molecular weight is 324 g/mol. The third-order valence-electron chi connectivity index (χ3n) is 3.03. The van der Waals surface area contributed by atoms with E-state index in [4.69, 9.17) is 0 Å². The number of fused-ring (bicyclic) bond motifs is 1. The van der Waals surface area contributed by atoms with Crippen LogP contribution in [-0.2, 0) is 12.3 Å². The molecule has 1 aromatic carbocycles. The molecule has 114 valence electrons. The minimum Gasteiger partial charge on any atom is -0.325 e. The van der Waals surface area contributed by atoms with Gasteiger partial charge in [0.1, 0.15) is 17.4 Å². The Balaban J connectivity index is 1.79. The first kappa shape index (κ1) is 14.8. The van der Waals surface area contributed by atoms with Gasteiger partial charge in [-0.1, -0.05) is 36.0 Å². The molecule has 0 radical (unpaired) electrons. The molecular formula is C14H11F3N4S. The molecule has 3 aromatic rings. The molecule has 22 heavy (non-hydrogen) atoms. The number of nitrogens with zero attached hydrogens (tertiary/aromatic N) is 4. The fourth-order valence-electron chi connectivity index (χ4n) is 2.06. The van der Waals surface area contributed by atoms with Gasteiger partial charge in [-0.05, 0) is 0 Å². The summed E-state index contributed by atoms with van der Waals surface area (Å²) in [4.78, 5) is 3.99. The highest BCUT2D eigenvalue weighted by atomic mass is 32.2. The van der Waals surface area contributed by atoms with Gasteiger partial charge in [-0.25, -0.2) is 4.98 Å². The van der Waals surface area contributed by atoms with Crippen LogP contribution in [0.2, 0.25) is 0 Å². The van der Waals surface area contributed by atoms with Gasteiger partial charge in [0.25, 0.3) is 0 Å². The van der Waals surface area contributed by atoms with Gasteiger partial charge in [-0.15, -0.1) is 5.10 Å². The second-order valence-electron chi connectivity index (χ2n) is 4.61. The summed E-state index contributed by atoms with van der Waals surface area (Å²) in [5.41, 5.74) is 0. The van der Waals surface area contributed by atoms with Crippen LogP contribution in [0.5, 0.6) is 0 Å². The van der Waals surface area contributed by atoms with Crippen molar-refractivity contribution in [2.75, 3.05) is 0 Å². The highest BCUT2D eigenvalue weighted by Crippen LogP contribution is 2.27. The summed E-state index contributed by atoms with van der Waals surface area (Å²) in [6.07, 6.45) is 0.0952. The van der Waals surface area contributed by atoms with Crippen molar-refractivity contribution in [1.29, 1.82) is 0 Å². The number of thioether (sulfide) groups is 1. The topological polar surface area (TPSA) is 43.6 Å². The van der Waals surface area contributed by atoms with Crippen LogP contribution in [0, 0.1) is 0 Å². The molecule has 4 nitrogen and oxygen atoms in total. The van der Waals surface area contributed by atoms with Crippen LogP contribution in [0.3, 0.4) is 0 Å². The highest BCUT2D eigenvalue weighted by molar-refractivity contribution is 7.98. The Kier molecular flexibility index (Phi) is 4.02. The predicted molar refractivity (Wildman–Crippen MR) is 77.4 cm³/mol. The molecule has 0 saturated carbocycles. The van der Waals surface area contributed by atoms with Gasteiger partial charge in [-0.3, -0.25) is 0 Å². The van der Waals surface area contributed by atoms with Crippen LogP contribution in [0.15, 0.2) is 47.9 Å². The summed E-state index contributed by atoms with van der Waals surface area (Å²) in [5.74, 6) is 0.656. The summed E-state index contributed by atoms with van der Waals surface area (Å²) < 4.78 is 38.6. The Hall–Kier alpha value is -2.09. The largest absolute Gasteiger partial charge is 0.406 e. The Morgan fingerprint density at radius 2 is 2.00 bits per heavy atom. The van der Waals surface area contributed by atoms with E-state index in [0.29, 0.717) is 16.6 Å². The van der Waals surface area contributed by atoms with E-state index in [2.05, 4.69) is 15.2 Å². The summed E-state index contributed by atoms with van der Waals surface area (Å²) in [6.45, 7) is -1.04. The van der Waals surface area contributed by atoms with Gasteiger partial charge >= 0.3 is 6.18 Å². The van der Waals surface area contributed by atoms with Gasteiger partial charge in [0, 0.05) is 23.2 Å². The number of aromatic nitrogens is 4. The molecule has 8 heteroatoms. The van der Waals surface area contributed by atoms with Crippen molar-refractivity contribution in [2.24, 2.45) is 0 Å². The maximum atomic E-state index is 12.5. The van der Waals surface area contributed by atoms with Crippen LogP contribution in [-0.4, -0.2) is 25.9 Å². The molecule has 0 aliphatic carbocycles. The average Bonchev–Trinajstić information content (AvgIpc) is 2.90. The molecular weight excluding hydrogens is 313 g/mol. The Bertz CT molecular complexity index is 780. The van der Waals surface area contributed by atoms with Crippen molar-refractivity contribution < 1.29 is 13.2 Å². The molecule has 0 unspecified atom stereocenters. The lowest BCUT2D eigenvalue weighted by atomic mass is 10.2. The number of rotatable bonds is 4. The molecule has 0 amide bonds. The lowest BCUT2D eigenvalue weighted by Gasteiger charge is -2.10. The van der Waals surface area contributed by atoms with Gasteiger partial charge in [0.05, 0.1) is 11.9 Å². The zero-order valence-corrected chi connectivity index (χ0v) is 12.1. The molecule has 3 rings (SSSR count). The van der Waals surface area contributed by atoms with Crippen molar-refractivity contribution >= 4 is 22.5 Å². The first-order chi connectivity index (χ1) is 10.5. The molecule has 0 spiro atoms. The van der Waals surface area contributed by atoms with E-state index in [1.54, 1.807) is 6.20 Å². The quantitative estimate of drug-likeness (QED) is 0.687. The minimum atomic E-state index is -4.26. The van der Waals surface area contributed by atoms with E-state index in [1.165, 1.54) is 24.2 Å². The number of hydrogen-bond acceptors (Lipinski definition) is 4. The van der Waals surface area contributed by atoms with E-state index in [9.17, 15) is 13.2 Å². The van der Waals surface area contributed by atoms with E-state index in [1.807, 2.05) is 24.3 Å². The van der Waals surface area contributed by atoms with Crippen LogP contribution in [0.1, 0.15) is 5.82 Å². The molecule has 0 bridgehead atoms. The predicted octanol–water partition coefficient (Wildman–Crippen LogP) is 3.68. The number of benzene rings is 1. The molecule has 0 atom stereocenters. The van der Waals surface area contributed by atoms with E-state index in [0.717, 1.165) is 15.3 Å². The summed E-state index contributed by atoms with van der Waals surface area (Å²) in [5, 5.41) is 10.5. The third kappa shape index (κ3) is 3.38. The highest BCUT2D eigenvalue weighted by Gasteiger charge is 2.28. The van der Waals surface area contributed by atoms with Crippen molar-refractivity contribution in [1.82, 2.24) is 19.7 Å². The Morgan fingerprint density at radius 3 is 2.82 bits per heavy atom. The molecule has 0 aliphatic heterocycles. The monoisotopic (exact) mass is 324 g/mol. The van der Waals surface area contributed by atoms with Gasteiger partial charge < -0.3 is 4.57 Å². The maximum Gasteiger partial charge on any atom is 0.406 e. The first-order valence-electron chi connectivity index (χ1n) is 6.43. The number of halogens is 3. The molecule has 2 heterocycles. The van der Waals surface area contributed by atoms with Gasteiger partial charge in [0.15, 0.2) is 0 Å². The minimum absolute atomic E-state index is 0.297. The lowest BCUT2D eigenvalue weighted by molar-refractivity contribution is -0.140. The maximum absolute atomic E-state index is 12.5. The summed E-state index contributed by atoms with van der Waals surface area (Å²) in [7, 11) is 0. The first-order valence-corrected chi connectivity index (χ1v) is 7.41. The second-order valence-corrected chi connectivity index (χ2v) is 5.58. The van der Waals surface area contributed by atoms with Crippen LogP contribution in [0.4, 0.5) is 13.2 Å². The van der Waals surface area contributed by atoms with Crippen molar-refractivity contribution in [3.05, 3.63) is 48.7 Å². The standard InChI is InChI=1S/C14H11F3N4S/c15-14(16,17)9-21-6-5-18-12(21)8-22-13-11-4-2-1-3-10(11)7-19-20-13/h1-7H,8-9H2. The summed E-state index contributed by atoms with van der Waals surface area (Å²) in [6, 6.07) is 7.61. The Morgan fingerprint density at radius 1 is 1.18 bits per heavy atom. The third-order valence-corrected chi connectivity index (χ3v) is 4.00. The van der Waals surface area contributed by atoms with E-state index < -0.39 is 12.7 Å². The fourth-order valence-corrected chi connectivity index (χ4v) is 3.01. The number of imidazole rings is 1. The second kappa shape index (κ2) is 5.96. The molecule has 0 N–H and O–H groups in total. The number of hydrogen-bond donors (Lipinski definition) is 0. The fraction of sp³-hybridized carbons (Fsp3) is 0.214.